The van der Waals surface area contributed by atoms with Crippen molar-refractivity contribution in [2.45, 2.75) is 25.5 Å². The van der Waals surface area contributed by atoms with Gasteiger partial charge in [-0.25, -0.2) is 4.68 Å². The first-order chi connectivity index (χ1) is 14.3. The third-order valence-electron chi connectivity index (χ3n) is 5.11. The molecule has 4 rings (SSSR count). The summed E-state index contributed by atoms with van der Waals surface area (Å²) in [6.07, 6.45) is 6.18. The first-order valence-electron chi connectivity index (χ1n) is 10.1. The molecule has 1 N–H and O–H groups in total. The van der Waals surface area contributed by atoms with Gasteiger partial charge in [-0.3, -0.25) is 4.99 Å². The van der Waals surface area contributed by atoms with Crippen LogP contribution in [0.15, 0.2) is 78.0 Å². The Morgan fingerprint density at radius 2 is 1.76 bits per heavy atom. The molecule has 150 valence electrons. The minimum absolute atomic E-state index is 0.260. The fourth-order valence-corrected chi connectivity index (χ4v) is 3.56. The SMILES string of the molecule is CN=C(NCc1cnn(-c2ccccc2)c1)N1CCC(Oc2ccccc2)CC1. The summed E-state index contributed by atoms with van der Waals surface area (Å²) in [5, 5.41) is 7.93. The second-order valence-corrected chi connectivity index (χ2v) is 7.15. The maximum Gasteiger partial charge on any atom is 0.193 e. The van der Waals surface area contributed by atoms with Gasteiger partial charge in [-0.1, -0.05) is 36.4 Å². The number of para-hydroxylation sites is 2. The lowest BCUT2D eigenvalue weighted by molar-refractivity contribution is 0.129. The summed E-state index contributed by atoms with van der Waals surface area (Å²) in [6.45, 7) is 2.56. The Kier molecular flexibility index (Phi) is 6.10. The van der Waals surface area contributed by atoms with Crippen LogP contribution in [0, 0.1) is 0 Å². The van der Waals surface area contributed by atoms with Crippen LogP contribution in [-0.4, -0.2) is 46.9 Å². The summed E-state index contributed by atoms with van der Waals surface area (Å²) in [5.41, 5.74) is 2.18. The van der Waals surface area contributed by atoms with E-state index in [4.69, 9.17) is 4.74 Å². The van der Waals surface area contributed by atoms with E-state index in [0.29, 0.717) is 6.54 Å². The van der Waals surface area contributed by atoms with E-state index in [2.05, 4.69) is 26.5 Å². The van der Waals surface area contributed by atoms with E-state index in [-0.39, 0.29) is 6.10 Å². The summed E-state index contributed by atoms with van der Waals surface area (Å²) in [6, 6.07) is 20.2. The summed E-state index contributed by atoms with van der Waals surface area (Å²) >= 11 is 0. The van der Waals surface area contributed by atoms with Gasteiger partial charge >= 0.3 is 0 Å². The van der Waals surface area contributed by atoms with Crippen molar-refractivity contribution in [3.8, 4) is 11.4 Å². The first kappa shape index (κ1) is 19.1. The van der Waals surface area contributed by atoms with E-state index < -0.39 is 0 Å². The van der Waals surface area contributed by atoms with Crippen molar-refractivity contribution in [3.63, 3.8) is 0 Å². The fourth-order valence-electron chi connectivity index (χ4n) is 3.56. The van der Waals surface area contributed by atoms with Crippen molar-refractivity contribution >= 4 is 5.96 Å². The Hall–Kier alpha value is -3.28. The van der Waals surface area contributed by atoms with Gasteiger partial charge in [0.2, 0.25) is 0 Å². The number of piperidine rings is 1. The number of nitrogens with zero attached hydrogens (tertiary/aromatic N) is 4. The third kappa shape index (κ3) is 4.96. The zero-order valence-corrected chi connectivity index (χ0v) is 16.7. The molecule has 2 aromatic carbocycles. The van der Waals surface area contributed by atoms with Crippen LogP contribution in [0.4, 0.5) is 0 Å². The van der Waals surface area contributed by atoms with Gasteiger partial charge in [-0.2, -0.15) is 5.10 Å². The number of benzene rings is 2. The minimum Gasteiger partial charge on any atom is -0.490 e. The molecule has 0 unspecified atom stereocenters. The van der Waals surface area contributed by atoms with Crippen molar-refractivity contribution in [2.24, 2.45) is 4.99 Å². The molecule has 6 nitrogen and oxygen atoms in total. The van der Waals surface area contributed by atoms with Crippen LogP contribution >= 0.6 is 0 Å². The molecular formula is C23H27N5O. The van der Waals surface area contributed by atoms with Crippen LogP contribution in [0.1, 0.15) is 18.4 Å². The Bertz CT molecular complexity index is 915. The molecule has 0 aliphatic carbocycles. The van der Waals surface area contributed by atoms with Crippen LogP contribution in [0.2, 0.25) is 0 Å². The van der Waals surface area contributed by atoms with Gasteiger partial charge in [0.25, 0.3) is 0 Å². The monoisotopic (exact) mass is 389 g/mol. The number of aliphatic imine (C=N–C) groups is 1. The van der Waals surface area contributed by atoms with Crippen molar-refractivity contribution in [2.75, 3.05) is 20.1 Å². The average Bonchev–Trinajstić information content (AvgIpc) is 3.26. The van der Waals surface area contributed by atoms with E-state index >= 15 is 0 Å². The molecular weight excluding hydrogens is 362 g/mol. The predicted octanol–water partition coefficient (Wildman–Crippen LogP) is 3.49. The second kappa shape index (κ2) is 9.28. The van der Waals surface area contributed by atoms with Gasteiger partial charge < -0.3 is 15.0 Å². The molecule has 0 bridgehead atoms. The van der Waals surface area contributed by atoms with Crippen LogP contribution in [0.25, 0.3) is 5.69 Å². The maximum atomic E-state index is 6.09. The highest BCUT2D eigenvalue weighted by Gasteiger charge is 2.22. The number of rotatable bonds is 5. The number of hydrogen-bond donors (Lipinski definition) is 1. The van der Waals surface area contributed by atoms with Gasteiger partial charge in [0.15, 0.2) is 5.96 Å². The molecule has 6 heteroatoms. The topological polar surface area (TPSA) is 54.7 Å². The van der Waals surface area contributed by atoms with Crippen LogP contribution in [-0.2, 0) is 6.54 Å². The highest BCUT2D eigenvalue weighted by atomic mass is 16.5. The predicted molar refractivity (Wildman–Crippen MR) is 115 cm³/mol. The van der Waals surface area contributed by atoms with Crippen LogP contribution in [0.3, 0.4) is 0 Å². The van der Waals surface area contributed by atoms with E-state index in [9.17, 15) is 0 Å². The number of nitrogens with one attached hydrogen (secondary N) is 1. The van der Waals surface area contributed by atoms with Crippen molar-refractivity contribution in [3.05, 3.63) is 78.6 Å². The van der Waals surface area contributed by atoms with Crippen LogP contribution < -0.4 is 10.1 Å². The molecule has 1 saturated heterocycles. The molecule has 0 atom stereocenters. The number of ether oxygens (including phenoxy) is 1. The van der Waals surface area contributed by atoms with E-state index in [1.165, 1.54) is 0 Å². The van der Waals surface area contributed by atoms with E-state index in [1.807, 2.05) is 78.6 Å². The van der Waals surface area contributed by atoms with Crippen molar-refractivity contribution < 1.29 is 4.74 Å². The lowest BCUT2D eigenvalue weighted by Crippen LogP contribution is -2.47. The van der Waals surface area contributed by atoms with Crippen LogP contribution in [0.5, 0.6) is 5.75 Å². The van der Waals surface area contributed by atoms with Gasteiger partial charge in [0.1, 0.15) is 11.9 Å². The first-order valence-corrected chi connectivity index (χ1v) is 10.1. The molecule has 0 amide bonds. The van der Waals surface area contributed by atoms with E-state index in [1.54, 1.807) is 0 Å². The number of hydrogen-bond acceptors (Lipinski definition) is 3. The largest absolute Gasteiger partial charge is 0.490 e. The van der Waals surface area contributed by atoms with Gasteiger partial charge in [-0.15, -0.1) is 0 Å². The van der Waals surface area contributed by atoms with Crippen molar-refractivity contribution in [1.82, 2.24) is 20.0 Å². The molecule has 1 aromatic heterocycles. The highest BCUT2D eigenvalue weighted by molar-refractivity contribution is 5.79. The lowest BCUT2D eigenvalue weighted by atomic mass is 10.1. The minimum atomic E-state index is 0.260. The molecule has 0 spiro atoms. The normalized spacial score (nSPS) is 15.3. The molecule has 1 aliphatic rings. The average molecular weight is 390 g/mol. The number of guanidine groups is 1. The zero-order chi connectivity index (χ0) is 19.9. The highest BCUT2D eigenvalue weighted by Crippen LogP contribution is 2.18. The Morgan fingerprint density at radius 3 is 2.45 bits per heavy atom. The molecule has 29 heavy (non-hydrogen) atoms. The molecule has 1 aliphatic heterocycles. The summed E-state index contributed by atoms with van der Waals surface area (Å²) in [5.74, 6) is 1.87. The summed E-state index contributed by atoms with van der Waals surface area (Å²) < 4.78 is 7.99. The van der Waals surface area contributed by atoms with Gasteiger partial charge in [0, 0.05) is 51.3 Å². The lowest BCUT2D eigenvalue weighted by Gasteiger charge is -2.34. The molecule has 0 saturated carbocycles. The Morgan fingerprint density at radius 1 is 1.07 bits per heavy atom. The van der Waals surface area contributed by atoms with Crippen molar-refractivity contribution in [1.29, 1.82) is 0 Å². The number of aromatic nitrogens is 2. The standard InChI is InChI=1S/C23H27N5O/c1-24-23(25-16-19-17-26-28(18-19)20-8-4-2-5-9-20)27-14-12-22(13-15-27)29-21-10-6-3-7-11-21/h2-11,17-18,22H,12-16H2,1H3,(H,24,25). The number of likely N-dealkylation sites (tertiary alicyclic amines) is 1. The fraction of sp³-hybridized carbons (Fsp3) is 0.304. The quantitative estimate of drug-likeness (QED) is 0.536. The van der Waals surface area contributed by atoms with Gasteiger partial charge in [-0.05, 0) is 24.3 Å². The second-order valence-electron chi connectivity index (χ2n) is 7.15. The Balaban J connectivity index is 1.28. The van der Waals surface area contributed by atoms with Gasteiger partial charge in [0.05, 0.1) is 11.9 Å². The maximum absolute atomic E-state index is 6.09. The Labute approximate surface area is 171 Å². The molecule has 3 aromatic rings. The van der Waals surface area contributed by atoms with E-state index in [0.717, 1.165) is 48.9 Å². The summed E-state index contributed by atoms with van der Waals surface area (Å²) in [4.78, 5) is 6.76. The molecule has 1 fully saturated rings. The third-order valence-corrected chi connectivity index (χ3v) is 5.11. The zero-order valence-electron chi connectivity index (χ0n) is 16.7. The smallest absolute Gasteiger partial charge is 0.193 e. The molecule has 0 radical (unpaired) electrons. The molecule has 2 heterocycles. The summed E-state index contributed by atoms with van der Waals surface area (Å²) in [7, 11) is 1.84.